The molecule has 0 heterocycles. The van der Waals surface area contributed by atoms with Crippen LogP contribution in [0.25, 0.3) is 0 Å². The second kappa shape index (κ2) is 7.05. The molecule has 0 spiro atoms. The third-order valence-corrected chi connectivity index (χ3v) is 4.07. The van der Waals surface area contributed by atoms with Crippen molar-refractivity contribution in [2.45, 2.75) is 32.4 Å². The van der Waals surface area contributed by atoms with Gasteiger partial charge in [0.25, 0.3) is 0 Å². The minimum absolute atomic E-state index is 0.000711. The molecule has 2 atom stereocenters. The maximum atomic E-state index is 13.3. The summed E-state index contributed by atoms with van der Waals surface area (Å²) in [6.45, 7) is 4.04. The van der Waals surface area contributed by atoms with Gasteiger partial charge in [-0.2, -0.15) is 0 Å². The van der Waals surface area contributed by atoms with E-state index in [-0.39, 0.29) is 23.7 Å². The van der Waals surface area contributed by atoms with E-state index in [0.717, 1.165) is 22.0 Å². The lowest BCUT2D eigenvalue weighted by molar-refractivity contribution is 0.418. The van der Waals surface area contributed by atoms with Gasteiger partial charge in [-0.15, -0.1) is 0 Å². The summed E-state index contributed by atoms with van der Waals surface area (Å²) < 4.78 is 14.2. The third-order valence-electron chi connectivity index (χ3n) is 3.57. The van der Waals surface area contributed by atoms with Gasteiger partial charge in [0.2, 0.25) is 0 Å². The van der Waals surface area contributed by atoms with Crippen LogP contribution in [0.4, 0.5) is 4.39 Å². The fourth-order valence-electron chi connectivity index (χ4n) is 2.41. The molecule has 0 aliphatic heterocycles. The highest BCUT2D eigenvalue weighted by atomic mass is 79.9. The Kier molecular flexibility index (Phi) is 5.37. The van der Waals surface area contributed by atoms with Crippen LogP contribution in [0, 0.1) is 5.82 Å². The molecule has 0 radical (unpaired) electrons. The largest absolute Gasteiger partial charge is 0.508 e. The van der Waals surface area contributed by atoms with Gasteiger partial charge < -0.3 is 10.4 Å². The van der Waals surface area contributed by atoms with E-state index < -0.39 is 0 Å². The minimum Gasteiger partial charge on any atom is -0.508 e. The molecule has 0 aliphatic rings. The highest BCUT2D eigenvalue weighted by Gasteiger charge is 2.17. The van der Waals surface area contributed by atoms with Crippen LogP contribution in [0.5, 0.6) is 5.75 Å². The quantitative estimate of drug-likeness (QED) is 0.785. The Bertz CT molecular complexity index is 617. The predicted molar refractivity (Wildman–Crippen MR) is 86.8 cm³/mol. The molecule has 1 unspecified atom stereocenters. The maximum Gasteiger partial charge on any atom is 0.123 e. The third kappa shape index (κ3) is 4.05. The van der Waals surface area contributed by atoms with Crippen LogP contribution in [0.15, 0.2) is 46.9 Å². The molecule has 112 valence electrons. The summed E-state index contributed by atoms with van der Waals surface area (Å²) >= 11 is 3.43. The number of hydrogen-bond acceptors (Lipinski definition) is 2. The van der Waals surface area contributed by atoms with E-state index in [9.17, 15) is 9.50 Å². The molecule has 0 saturated heterocycles. The Hall–Kier alpha value is -1.39. The van der Waals surface area contributed by atoms with Crippen LogP contribution in [-0.4, -0.2) is 5.11 Å². The van der Waals surface area contributed by atoms with Gasteiger partial charge in [-0.05, 0) is 49.2 Å². The molecule has 0 fully saturated rings. The number of nitrogens with one attached hydrogen (secondary N) is 1. The minimum atomic E-state index is -0.237. The van der Waals surface area contributed by atoms with E-state index in [1.54, 1.807) is 12.1 Å². The highest BCUT2D eigenvalue weighted by molar-refractivity contribution is 9.10. The van der Waals surface area contributed by atoms with Crippen molar-refractivity contribution in [1.82, 2.24) is 5.32 Å². The van der Waals surface area contributed by atoms with Crippen LogP contribution in [0.1, 0.15) is 43.5 Å². The van der Waals surface area contributed by atoms with Crippen molar-refractivity contribution in [3.8, 4) is 5.75 Å². The van der Waals surface area contributed by atoms with Crippen LogP contribution in [0.2, 0.25) is 0 Å². The summed E-state index contributed by atoms with van der Waals surface area (Å²) in [6.07, 6.45) is 0.823. The number of phenols is 1. The molecule has 2 aromatic carbocycles. The molecule has 0 aliphatic carbocycles. The number of benzene rings is 2. The van der Waals surface area contributed by atoms with Crippen molar-refractivity contribution < 1.29 is 9.50 Å². The van der Waals surface area contributed by atoms with E-state index in [4.69, 9.17) is 0 Å². The zero-order valence-corrected chi connectivity index (χ0v) is 13.7. The number of halogens is 2. The van der Waals surface area contributed by atoms with Gasteiger partial charge in [-0.3, -0.25) is 0 Å². The molecule has 21 heavy (non-hydrogen) atoms. The average molecular weight is 352 g/mol. The lowest BCUT2D eigenvalue weighted by atomic mass is 10.0. The Labute approximate surface area is 133 Å². The van der Waals surface area contributed by atoms with E-state index in [0.29, 0.717) is 0 Å². The van der Waals surface area contributed by atoms with E-state index in [2.05, 4.69) is 28.2 Å². The summed E-state index contributed by atoms with van der Waals surface area (Å²) in [6, 6.07) is 12.0. The number of rotatable bonds is 5. The first-order valence-corrected chi connectivity index (χ1v) is 7.80. The summed E-state index contributed by atoms with van der Waals surface area (Å²) in [5.74, 6) is 0.0310. The Morgan fingerprint density at radius 2 is 2.00 bits per heavy atom. The summed E-state index contributed by atoms with van der Waals surface area (Å²) in [5, 5.41) is 13.5. The van der Waals surface area contributed by atoms with Crippen molar-refractivity contribution in [2.24, 2.45) is 0 Å². The van der Waals surface area contributed by atoms with Gasteiger partial charge >= 0.3 is 0 Å². The number of hydrogen-bond donors (Lipinski definition) is 2. The fraction of sp³-hybridized carbons (Fsp3) is 0.294. The molecule has 2 N–H and O–H groups in total. The van der Waals surface area contributed by atoms with Crippen LogP contribution >= 0.6 is 15.9 Å². The van der Waals surface area contributed by atoms with E-state index in [1.165, 1.54) is 12.1 Å². The van der Waals surface area contributed by atoms with E-state index in [1.807, 2.05) is 25.1 Å². The van der Waals surface area contributed by atoms with Gasteiger partial charge in [0, 0.05) is 22.1 Å². The second-order valence-electron chi connectivity index (χ2n) is 5.11. The molecular formula is C17H19BrFNO. The normalized spacial score (nSPS) is 13.9. The second-order valence-corrected chi connectivity index (χ2v) is 6.02. The molecule has 2 rings (SSSR count). The summed E-state index contributed by atoms with van der Waals surface area (Å²) in [4.78, 5) is 0. The van der Waals surface area contributed by atoms with Crippen molar-refractivity contribution in [1.29, 1.82) is 0 Å². The van der Waals surface area contributed by atoms with Gasteiger partial charge in [0.1, 0.15) is 11.6 Å². The zero-order chi connectivity index (χ0) is 15.4. The Morgan fingerprint density at radius 1 is 1.24 bits per heavy atom. The first kappa shape index (κ1) is 16.0. The van der Waals surface area contributed by atoms with Gasteiger partial charge in [0.15, 0.2) is 0 Å². The van der Waals surface area contributed by atoms with Crippen LogP contribution in [0.3, 0.4) is 0 Å². The van der Waals surface area contributed by atoms with Gasteiger partial charge in [-0.1, -0.05) is 35.0 Å². The highest BCUT2D eigenvalue weighted by Crippen LogP contribution is 2.31. The Balaban J connectivity index is 2.20. The molecule has 4 heteroatoms. The molecule has 2 nitrogen and oxygen atoms in total. The lowest BCUT2D eigenvalue weighted by Gasteiger charge is -2.24. The fourth-order valence-corrected chi connectivity index (χ4v) is 2.78. The standard InChI is InChI=1S/C17H19BrFNO/c1-3-16(15-10-13(18)7-8-17(15)21)20-11(2)12-5-4-6-14(19)9-12/h4-11,16,20-21H,3H2,1-2H3/t11-,16?/m1/s1. The zero-order valence-electron chi connectivity index (χ0n) is 12.1. The topological polar surface area (TPSA) is 32.3 Å². The average Bonchev–Trinajstić information content (AvgIpc) is 2.47. The Morgan fingerprint density at radius 3 is 2.67 bits per heavy atom. The monoisotopic (exact) mass is 351 g/mol. The summed E-state index contributed by atoms with van der Waals surface area (Å²) in [7, 11) is 0. The molecule has 0 bridgehead atoms. The predicted octanol–water partition coefficient (Wildman–Crippen LogP) is 5.10. The molecule has 2 aromatic rings. The van der Waals surface area contributed by atoms with Crippen molar-refractivity contribution in [3.05, 3.63) is 63.9 Å². The van der Waals surface area contributed by atoms with Gasteiger partial charge in [-0.25, -0.2) is 4.39 Å². The molecule has 0 aromatic heterocycles. The van der Waals surface area contributed by atoms with Crippen molar-refractivity contribution >= 4 is 15.9 Å². The SMILES string of the molecule is CCC(N[C@H](C)c1cccc(F)c1)c1cc(Br)ccc1O. The molecule has 0 amide bonds. The number of aromatic hydroxyl groups is 1. The smallest absolute Gasteiger partial charge is 0.123 e. The van der Waals surface area contributed by atoms with Gasteiger partial charge in [0.05, 0.1) is 0 Å². The maximum absolute atomic E-state index is 13.3. The first-order valence-electron chi connectivity index (χ1n) is 7.01. The van der Waals surface area contributed by atoms with Crippen LogP contribution < -0.4 is 5.32 Å². The van der Waals surface area contributed by atoms with E-state index >= 15 is 0 Å². The molecule has 0 saturated carbocycles. The summed E-state index contributed by atoms with van der Waals surface area (Å²) in [5.41, 5.74) is 1.73. The van der Waals surface area contributed by atoms with Crippen molar-refractivity contribution in [2.75, 3.05) is 0 Å². The lowest BCUT2D eigenvalue weighted by Crippen LogP contribution is -2.24. The number of phenolic OH excluding ortho intramolecular Hbond substituents is 1. The molecular weight excluding hydrogens is 333 g/mol. The van der Waals surface area contributed by atoms with Crippen molar-refractivity contribution in [3.63, 3.8) is 0 Å². The first-order chi connectivity index (χ1) is 10.0. The van der Waals surface area contributed by atoms with Crippen LogP contribution in [-0.2, 0) is 0 Å².